The molecule has 0 atom stereocenters. The first-order valence-electron chi connectivity index (χ1n) is 7.39. The Hall–Kier alpha value is -3.02. The number of amides is 3. The Balaban J connectivity index is 1.62. The van der Waals surface area contributed by atoms with Crippen molar-refractivity contribution in [2.45, 2.75) is 18.9 Å². The highest BCUT2D eigenvalue weighted by atomic mass is 16.2. The molecule has 1 aliphatic heterocycles. The molecule has 6 heteroatoms. The maximum absolute atomic E-state index is 12.4. The molecule has 0 bridgehead atoms. The summed E-state index contributed by atoms with van der Waals surface area (Å²) in [5.41, 5.74) is 1.00. The lowest BCUT2D eigenvalue weighted by molar-refractivity contribution is 0.0642. The number of carbonyl (C=O) groups excluding carboxylic acids is 3. The van der Waals surface area contributed by atoms with Crippen molar-refractivity contribution in [3.05, 3.63) is 59.3 Å². The van der Waals surface area contributed by atoms with Gasteiger partial charge < -0.3 is 5.32 Å². The first kappa shape index (κ1) is 13.6. The molecular weight excluding hydrogens is 294 g/mol. The molecule has 6 nitrogen and oxygen atoms in total. The first-order valence-corrected chi connectivity index (χ1v) is 7.39. The fourth-order valence-electron chi connectivity index (χ4n) is 2.69. The lowest BCUT2D eigenvalue weighted by atomic mass is 10.1. The number of rotatable bonds is 3. The van der Waals surface area contributed by atoms with Crippen molar-refractivity contribution >= 4 is 23.5 Å². The molecule has 0 saturated heterocycles. The lowest BCUT2D eigenvalue weighted by Crippen LogP contribution is -2.31. The van der Waals surface area contributed by atoms with Crippen molar-refractivity contribution in [2.24, 2.45) is 0 Å². The lowest BCUT2D eigenvalue weighted by Gasteiger charge is -2.11. The van der Waals surface area contributed by atoms with E-state index in [1.807, 2.05) is 0 Å². The molecule has 0 unspecified atom stereocenters. The van der Waals surface area contributed by atoms with E-state index in [4.69, 9.17) is 0 Å². The van der Waals surface area contributed by atoms with Crippen LogP contribution in [0, 0.1) is 0 Å². The molecule has 2 aromatic rings. The normalized spacial score (nSPS) is 16.4. The first-order chi connectivity index (χ1) is 11.1. The Morgan fingerprint density at radius 2 is 1.87 bits per heavy atom. The quantitative estimate of drug-likeness (QED) is 0.881. The minimum absolute atomic E-state index is 0.0215. The molecular formula is C17H13N3O3. The van der Waals surface area contributed by atoms with Crippen LogP contribution in [0.2, 0.25) is 0 Å². The fourth-order valence-corrected chi connectivity index (χ4v) is 2.69. The largest absolute Gasteiger partial charge is 0.307 e. The van der Waals surface area contributed by atoms with Crippen LogP contribution in [0.4, 0.5) is 5.82 Å². The molecule has 114 valence electrons. The summed E-state index contributed by atoms with van der Waals surface area (Å²) in [6.45, 7) is 0. The Labute approximate surface area is 132 Å². The number of carbonyl (C=O) groups is 3. The summed E-state index contributed by atoms with van der Waals surface area (Å²) in [5.74, 6) is -0.499. The van der Waals surface area contributed by atoms with E-state index >= 15 is 0 Å². The number of aromatic nitrogens is 1. The molecule has 3 amide bonds. The third kappa shape index (κ3) is 2.28. The maximum atomic E-state index is 12.4. The Morgan fingerprint density at radius 1 is 1.09 bits per heavy atom. The van der Waals surface area contributed by atoms with Gasteiger partial charge in [0.25, 0.3) is 17.7 Å². The zero-order valence-corrected chi connectivity index (χ0v) is 12.2. The summed E-state index contributed by atoms with van der Waals surface area (Å²) in [7, 11) is 0. The smallest absolute Gasteiger partial charge is 0.261 e. The number of fused-ring (bicyclic) bond motifs is 1. The predicted octanol–water partition coefficient (Wildman–Crippen LogP) is 2.09. The zero-order chi connectivity index (χ0) is 16.0. The van der Waals surface area contributed by atoms with E-state index in [9.17, 15) is 14.4 Å². The molecule has 4 rings (SSSR count). The van der Waals surface area contributed by atoms with Crippen molar-refractivity contribution in [3.63, 3.8) is 0 Å². The van der Waals surface area contributed by atoms with Gasteiger partial charge in [0.2, 0.25) is 0 Å². The molecule has 2 aliphatic rings. The van der Waals surface area contributed by atoms with Crippen molar-refractivity contribution < 1.29 is 14.4 Å². The van der Waals surface area contributed by atoms with Crippen LogP contribution in [0.1, 0.15) is 43.9 Å². The average molecular weight is 307 g/mol. The minimum atomic E-state index is -0.364. The van der Waals surface area contributed by atoms with E-state index in [1.165, 1.54) is 11.0 Å². The van der Waals surface area contributed by atoms with Gasteiger partial charge in [-0.05, 0) is 43.2 Å². The molecule has 1 aromatic carbocycles. The van der Waals surface area contributed by atoms with Gasteiger partial charge in [-0.1, -0.05) is 6.07 Å². The highest BCUT2D eigenvalue weighted by Gasteiger charge is 2.44. The second-order valence-electron chi connectivity index (χ2n) is 5.64. The predicted molar refractivity (Wildman–Crippen MR) is 82.2 cm³/mol. The molecule has 1 N–H and O–H groups in total. The SMILES string of the molecule is O=C(Nc1ccccn1)c1ccc2c(c1)C(=O)N(C1CC1)C2=O. The van der Waals surface area contributed by atoms with Crippen LogP contribution >= 0.6 is 0 Å². The molecule has 0 radical (unpaired) electrons. The highest BCUT2D eigenvalue weighted by Crippen LogP contribution is 2.34. The van der Waals surface area contributed by atoms with E-state index in [0.717, 1.165) is 12.8 Å². The number of hydrogen-bond donors (Lipinski definition) is 1. The third-order valence-corrected chi connectivity index (χ3v) is 4.00. The van der Waals surface area contributed by atoms with Crippen LogP contribution in [0.25, 0.3) is 0 Å². The van der Waals surface area contributed by atoms with Crippen molar-refractivity contribution in [1.82, 2.24) is 9.88 Å². The Kier molecular flexibility index (Phi) is 2.97. The summed E-state index contributed by atoms with van der Waals surface area (Å²) in [4.78, 5) is 42.2. The van der Waals surface area contributed by atoms with Gasteiger partial charge in [0, 0.05) is 17.8 Å². The molecule has 1 aromatic heterocycles. The van der Waals surface area contributed by atoms with Gasteiger partial charge in [0.1, 0.15) is 5.82 Å². The van der Waals surface area contributed by atoms with Crippen molar-refractivity contribution in [1.29, 1.82) is 0 Å². The van der Waals surface area contributed by atoms with Crippen LogP contribution in [-0.4, -0.2) is 33.6 Å². The van der Waals surface area contributed by atoms with E-state index in [2.05, 4.69) is 10.3 Å². The minimum Gasteiger partial charge on any atom is -0.307 e. The van der Waals surface area contributed by atoms with Crippen LogP contribution < -0.4 is 5.32 Å². The highest BCUT2D eigenvalue weighted by molar-refractivity contribution is 6.22. The number of pyridine rings is 1. The number of hydrogen-bond acceptors (Lipinski definition) is 4. The van der Waals surface area contributed by atoms with Crippen molar-refractivity contribution in [2.75, 3.05) is 5.32 Å². The molecule has 0 spiro atoms. The summed E-state index contributed by atoms with van der Waals surface area (Å²) in [6, 6.07) is 9.80. The summed E-state index contributed by atoms with van der Waals surface area (Å²) in [6.07, 6.45) is 3.30. The van der Waals surface area contributed by atoms with Gasteiger partial charge in [0.05, 0.1) is 11.1 Å². The topological polar surface area (TPSA) is 79.4 Å². The third-order valence-electron chi connectivity index (χ3n) is 4.00. The summed E-state index contributed by atoms with van der Waals surface area (Å²) >= 11 is 0. The molecule has 2 heterocycles. The summed E-state index contributed by atoms with van der Waals surface area (Å²) < 4.78 is 0. The monoisotopic (exact) mass is 307 g/mol. The van der Waals surface area contributed by atoms with Crippen LogP contribution in [-0.2, 0) is 0 Å². The van der Waals surface area contributed by atoms with Gasteiger partial charge in [-0.15, -0.1) is 0 Å². The number of nitrogens with one attached hydrogen (secondary N) is 1. The number of nitrogens with zero attached hydrogens (tertiary/aromatic N) is 2. The number of imide groups is 1. The Bertz CT molecular complexity index is 828. The molecule has 1 saturated carbocycles. The zero-order valence-electron chi connectivity index (χ0n) is 12.2. The van der Waals surface area contributed by atoms with E-state index < -0.39 is 0 Å². The van der Waals surface area contributed by atoms with Gasteiger partial charge in [0.15, 0.2) is 0 Å². The number of benzene rings is 1. The van der Waals surface area contributed by atoms with Gasteiger partial charge >= 0.3 is 0 Å². The molecule has 1 aliphatic carbocycles. The second-order valence-corrected chi connectivity index (χ2v) is 5.64. The van der Waals surface area contributed by atoms with Crippen LogP contribution in [0.15, 0.2) is 42.6 Å². The van der Waals surface area contributed by atoms with Gasteiger partial charge in [-0.3, -0.25) is 19.3 Å². The second kappa shape index (κ2) is 5.01. The van der Waals surface area contributed by atoms with Gasteiger partial charge in [-0.25, -0.2) is 4.98 Å². The Morgan fingerprint density at radius 3 is 2.57 bits per heavy atom. The van der Waals surface area contributed by atoms with E-state index in [-0.39, 0.29) is 23.8 Å². The standard InChI is InChI=1S/C17H13N3O3/c21-15(19-14-3-1-2-8-18-14)10-4-7-12-13(9-10)17(23)20(16(12)22)11-5-6-11/h1-4,7-9,11H,5-6H2,(H,18,19,21). The maximum Gasteiger partial charge on any atom is 0.261 e. The van der Waals surface area contributed by atoms with Crippen LogP contribution in [0.5, 0.6) is 0 Å². The van der Waals surface area contributed by atoms with Crippen LogP contribution in [0.3, 0.4) is 0 Å². The fraction of sp³-hybridized carbons (Fsp3) is 0.176. The molecule has 23 heavy (non-hydrogen) atoms. The van der Waals surface area contributed by atoms with Gasteiger partial charge in [-0.2, -0.15) is 0 Å². The van der Waals surface area contributed by atoms with E-state index in [0.29, 0.717) is 22.5 Å². The number of anilines is 1. The van der Waals surface area contributed by atoms with E-state index in [1.54, 1.807) is 36.5 Å². The molecule has 1 fully saturated rings. The van der Waals surface area contributed by atoms with Crippen molar-refractivity contribution in [3.8, 4) is 0 Å². The summed E-state index contributed by atoms with van der Waals surface area (Å²) in [5, 5.41) is 2.66. The average Bonchev–Trinajstić information content (AvgIpc) is 3.36.